The van der Waals surface area contributed by atoms with Crippen LogP contribution in [0, 0.1) is 5.41 Å². The molecular weight excluding hydrogens is 198 g/mol. The van der Waals surface area contributed by atoms with Gasteiger partial charge in [0.05, 0.1) is 12.8 Å². The van der Waals surface area contributed by atoms with E-state index in [2.05, 4.69) is 38.2 Å². The van der Waals surface area contributed by atoms with E-state index in [0.29, 0.717) is 11.3 Å². The lowest BCUT2D eigenvalue weighted by Crippen LogP contribution is -2.26. The minimum Gasteiger partial charge on any atom is -0.495 e. The number of benzene rings is 1. The molecule has 0 spiro atoms. The Bertz CT molecular complexity index is 379. The molecule has 0 bridgehead atoms. The zero-order valence-corrected chi connectivity index (χ0v) is 10.6. The number of fused-ring (bicyclic) bond motifs is 1. The number of rotatable bonds is 1. The summed E-state index contributed by atoms with van der Waals surface area (Å²) in [6.45, 7) is 7.97. The zero-order valence-electron chi connectivity index (χ0n) is 10.6. The molecule has 16 heavy (non-hydrogen) atoms. The van der Waals surface area contributed by atoms with E-state index in [1.54, 1.807) is 7.11 Å². The normalized spacial score (nSPS) is 19.9. The molecule has 1 N–H and O–H groups in total. The molecule has 1 atom stereocenters. The molecular formula is C14H21NO. The van der Waals surface area contributed by atoms with Crippen LogP contribution in [0.5, 0.6) is 5.75 Å². The minimum absolute atomic E-state index is 0.309. The SMILES string of the molecule is COc1cccc2c1NCCC2C(C)(C)C. The molecule has 0 amide bonds. The van der Waals surface area contributed by atoms with Crippen LogP contribution in [0.3, 0.4) is 0 Å². The highest BCUT2D eigenvalue weighted by Gasteiger charge is 2.31. The first kappa shape index (κ1) is 11.3. The van der Waals surface area contributed by atoms with E-state index in [9.17, 15) is 0 Å². The van der Waals surface area contributed by atoms with Gasteiger partial charge in [-0.2, -0.15) is 0 Å². The fourth-order valence-electron chi connectivity index (χ4n) is 2.59. The van der Waals surface area contributed by atoms with Crippen LogP contribution in [0.25, 0.3) is 0 Å². The number of para-hydroxylation sites is 1. The van der Waals surface area contributed by atoms with Gasteiger partial charge in [0.25, 0.3) is 0 Å². The van der Waals surface area contributed by atoms with Crippen molar-refractivity contribution in [2.24, 2.45) is 5.41 Å². The van der Waals surface area contributed by atoms with E-state index >= 15 is 0 Å². The molecule has 1 heterocycles. The fourth-order valence-corrected chi connectivity index (χ4v) is 2.59. The number of methoxy groups -OCH3 is 1. The molecule has 0 fully saturated rings. The van der Waals surface area contributed by atoms with Crippen LogP contribution < -0.4 is 10.1 Å². The van der Waals surface area contributed by atoms with Gasteiger partial charge in [0, 0.05) is 6.54 Å². The van der Waals surface area contributed by atoms with E-state index in [1.165, 1.54) is 17.7 Å². The molecule has 0 aliphatic carbocycles. The standard InChI is InChI=1S/C14H21NO/c1-14(2,3)11-8-9-15-13-10(11)6-5-7-12(13)16-4/h5-7,11,15H,8-9H2,1-4H3. The highest BCUT2D eigenvalue weighted by Crippen LogP contribution is 2.45. The lowest BCUT2D eigenvalue weighted by atomic mass is 9.73. The van der Waals surface area contributed by atoms with E-state index in [4.69, 9.17) is 4.74 Å². The molecule has 1 aromatic rings. The first-order chi connectivity index (χ1) is 7.54. The molecule has 1 aliphatic heterocycles. The number of nitrogens with one attached hydrogen (secondary N) is 1. The van der Waals surface area contributed by atoms with Gasteiger partial charge in [-0.1, -0.05) is 32.9 Å². The molecule has 0 radical (unpaired) electrons. The summed E-state index contributed by atoms with van der Waals surface area (Å²) < 4.78 is 5.41. The molecule has 88 valence electrons. The highest BCUT2D eigenvalue weighted by molar-refractivity contribution is 5.64. The smallest absolute Gasteiger partial charge is 0.142 e. The summed E-state index contributed by atoms with van der Waals surface area (Å²) in [4.78, 5) is 0. The summed E-state index contributed by atoms with van der Waals surface area (Å²) in [6.07, 6.45) is 1.20. The lowest BCUT2D eigenvalue weighted by molar-refractivity contribution is 0.304. The third-order valence-electron chi connectivity index (χ3n) is 3.43. The molecule has 1 aromatic carbocycles. The number of ether oxygens (including phenoxy) is 1. The summed E-state index contributed by atoms with van der Waals surface area (Å²) in [7, 11) is 1.73. The molecule has 2 rings (SSSR count). The van der Waals surface area contributed by atoms with Crippen molar-refractivity contribution >= 4 is 5.69 Å². The largest absolute Gasteiger partial charge is 0.495 e. The van der Waals surface area contributed by atoms with Crippen molar-refractivity contribution in [3.05, 3.63) is 23.8 Å². The molecule has 1 unspecified atom stereocenters. The summed E-state index contributed by atoms with van der Waals surface area (Å²) in [6, 6.07) is 6.33. The van der Waals surface area contributed by atoms with E-state index < -0.39 is 0 Å². The van der Waals surface area contributed by atoms with Crippen molar-refractivity contribution in [1.29, 1.82) is 0 Å². The summed E-state index contributed by atoms with van der Waals surface area (Å²) in [5.74, 6) is 1.57. The van der Waals surface area contributed by atoms with Gasteiger partial charge in [-0.25, -0.2) is 0 Å². The average molecular weight is 219 g/mol. The van der Waals surface area contributed by atoms with Crippen molar-refractivity contribution < 1.29 is 4.74 Å². The quantitative estimate of drug-likeness (QED) is 0.778. The Morgan fingerprint density at radius 3 is 2.69 bits per heavy atom. The van der Waals surface area contributed by atoms with Gasteiger partial charge in [-0.15, -0.1) is 0 Å². The summed E-state index contributed by atoms with van der Waals surface area (Å²) >= 11 is 0. The van der Waals surface area contributed by atoms with Gasteiger partial charge < -0.3 is 10.1 Å². The second kappa shape index (κ2) is 4.00. The van der Waals surface area contributed by atoms with Gasteiger partial charge in [0.1, 0.15) is 5.75 Å². The second-order valence-corrected chi connectivity index (χ2v) is 5.56. The fraction of sp³-hybridized carbons (Fsp3) is 0.571. The van der Waals surface area contributed by atoms with Crippen LogP contribution in [0.2, 0.25) is 0 Å². The Balaban J connectivity index is 2.47. The highest BCUT2D eigenvalue weighted by atomic mass is 16.5. The van der Waals surface area contributed by atoms with Crippen LogP contribution in [-0.4, -0.2) is 13.7 Å². The molecule has 0 aromatic heterocycles. The van der Waals surface area contributed by atoms with E-state index in [1.807, 2.05) is 6.07 Å². The van der Waals surface area contributed by atoms with Crippen LogP contribution in [0.4, 0.5) is 5.69 Å². The van der Waals surface area contributed by atoms with Crippen molar-refractivity contribution in [1.82, 2.24) is 0 Å². The predicted molar refractivity (Wildman–Crippen MR) is 68.3 cm³/mol. The maximum Gasteiger partial charge on any atom is 0.142 e. The van der Waals surface area contributed by atoms with Gasteiger partial charge in [0.15, 0.2) is 0 Å². The Kier molecular flexibility index (Phi) is 2.83. The molecule has 0 saturated heterocycles. The monoisotopic (exact) mass is 219 g/mol. The molecule has 2 nitrogen and oxygen atoms in total. The first-order valence-corrected chi connectivity index (χ1v) is 5.95. The van der Waals surface area contributed by atoms with Crippen molar-refractivity contribution in [3.63, 3.8) is 0 Å². The minimum atomic E-state index is 0.309. The van der Waals surface area contributed by atoms with Crippen molar-refractivity contribution in [2.75, 3.05) is 19.0 Å². The second-order valence-electron chi connectivity index (χ2n) is 5.56. The molecule has 0 saturated carbocycles. The Morgan fingerprint density at radius 1 is 1.31 bits per heavy atom. The third-order valence-corrected chi connectivity index (χ3v) is 3.43. The van der Waals surface area contributed by atoms with Crippen LogP contribution >= 0.6 is 0 Å². The van der Waals surface area contributed by atoms with E-state index in [-0.39, 0.29) is 0 Å². The van der Waals surface area contributed by atoms with Gasteiger partial charge in [-0.3, -0.25) is 0 Å². The van der Waals surface area contributed by atoms with Crippen LogP contribution in [-0.2, 0) is 0 Å². The topological polar surface area (TPSA) is 21.3 Å². The average Bonchev–Trinajstić information content (AvgIpc) is 2.26. The van der Waals surface area contributed by atoms with Crippen LogP contribution in [0.15, 0.2) is 18.2 Å². The first-order valence-electron chi connectivity index (χ1n) is 5.95. The molecule has 2 heteroatoms. The Morgan fingerprint density at radius 2 is 2.06 bits per heavy atom. The van der Waals surface area contributed by atoms with Crippen LogP contribution in [0.1, 0.15) is 38.7 Å². The van der Waals surface area contributed by atoms with Gasteiger partial charge in [0.2, 0.25) is 0 Å². The number of hydrogen-bond donors (Lipinski definition) is 1. The van der Waals surface area contributed by atoms with Crippen molar-refractivity contribution in [2.45, 2.75) is 33.1 Å². The Hall–Kier alpha value is -1.18. The third kappa shape index (κ3) is 1.89. The lowest BCUT2D eigenvalue weighted by Gasteiger charge is -2.36. The molecule has 1 aliphatic rings. The number of anilines is 1. The summed E-state index contributed by atoms with van der Waals surface area (Å²) in [5.41, 5.74) is 2.90. The maximum atomic E-state index is 5.41. The van der Waals surface area contributed by atoms with Gasteiger partial charge in [-0.05, 0) is 29.4 Å². The van der Waals surface area contributed by atoms with Crippen molar-refractivity contribution in [3.8, 4) is 5.75 Å². The Labute approximate surface area is 98.0 Å². The van der Waals surface area contributed by atoms with Gasteiger partial charge >= 0.3 is 0 Å². The number of hydrogen-bond acceptors (Lipinski definition) is 2. The predicted octanol–water partition coefficient (Wildman–Crippen LogP) is 3.64. The zero-order chi connectivity index (χ0) is 11.8. The maximum absolute atomic E-state index is 5.41. The summed E-state index contributed by atoms with van der Waals surface area (Å²) in [5, 5.41) is 3.46. The van der Waals surface area contributed by atoms with E-state index in [0.717, 1.165) is 12.3 Å².